The summed E-state index contributed by atoms with van der Waals surface area (Å²) in [5.74, 6) is 0. The number of fused-ring (bicyclic) bond motifs is 1. The SMILES string of the molecule is CCn1c(CN2CCOCC2)cc2ccccc21. The van der Waals surface area contributed by atoms with E-state index in [-0.39, 0.29) is 0 Å². The summed E-state index contributed by atoms with van der Waals surface area (Å²) in [5.41, 5.74) is 2.77. The summed E-state index contributed by atoms with van der Waals surface area (Å²) >= 11 is 0. The van der Waals surface area contributed by atoms with E-state index in [1.165, 1.54) is 16.6 Å². The van der Waals surface area contributed by atoms with Crippen molar-refractivity contribution < 1.29 is 4.74 Å². The van der Waals surface area contributed by atoms with Gasteiger partial charge in [0.2, 0.25) is 0 Å². The third kappa shape index (κ3) is 2.16. The molecule has 0 saturated carbocycles. The Morgan fingerprint density at radius 2 is 1.94 bits per heavy atom. The Labute approximate surface area is 108 Å². The van der Waals surface area contributed by atoms with E-state index in [1.807, 2.05) is 0 Å². The number of benzene rings is 1. The lowest BCUT2D eigenvalue weighted by atomic mass is 10.2. The zero-order valence-electron chi connectivity index (χ0n) is 10.9. The number of rotatable bonds is 3. The number of hydrogen-bond donors (Lipinski definition) is 0. The van der Waals surface area contributed by atoms with Crippen LogP contribution in [0.5, 0.6) is 0 Å². The molecule has 3 heteroatoms. The van der Waals surface area contributed by atoms with Gasteiger partial charge in [-0.05, 0) is 24.4 Å². The summed E-state index contributed by atoms with van der Waals surface area (Å²) in [4.78, 5) is 2.48. The quantitative estimate of drug-likeness (QED) is 0.825. The first-order valence-electron chi connectivity index (χ1n) is 6.75. The summed E-state index contributed by atoms with van der Waals surface area (Å²) < 4.78 is 7.83. The first kappa shape index (κ1) is 11.8. The monoisotopic (exact) mass is 244 g/mol. The molecule has 1 aliphatic rings. The van der Waals surface area contributed by atoms with Crippen LogP contribution in [0.1, 0.15) is 12.6 Å². The van der Waals surface area contributed by atoms with E-state index in [4.69, 9.17) is 4.74 Å². The fourth-order valence-corrected chi connectivity index (χ4v) is 2.76. The summed E-state index contributed by atoms with van der Waals surface area (Å²) in [7, 11) is 0. The standard InChI is InChI=1S/C15H20N2O/c1-2-17-14(12-16-7-9-18-10-8-16)11-13-5-3-4-6-15(13)17/h3-6,11H,2,7-10,12H2,1H3. The van der Waals surface area contributed by atoms with Gasteiger partial charge in [0.25, 0.3) is 0 Å². The third-order valence-corrected chi connectivity index (χ3v) is 3.70. The van der Waals surface area contributed by atoms with Gasteiger partial charge in [0.05, 0.1) is 13.2 Å². The minimum Gasteiger partial charge on any atom is -0.379 e. The Bertz CT molecular complexity index is 526. The average molecular weight is 244 g/mol. The fourth-order valence-electron chi connectivity index (χ4n) is 2.76. The van der Waals surface area contributed by atoms with Crippen molar-refractivity contribution in [2.45, 2.75) is 20.0 Å². The maximum absolute atomic E-state index is 5.40. The second-order valence-electron chi connectivity index (χ2n) is 4.83. The zero-order chi connectivity index (χ0) is 12.4. The van der Waals surface area contributed by atoms with Gasteiger partial charge >= 0.3 is 0 Å². The van der Waals surface area contributed by atoms with E-state index in [0.717, 1.165) is 39.4 Å². The highest BCUT2D eigenvalue weighted by atomic mass is 16.5. The molecule has 96 valence electrons. The van der Waals surface area contributed by atoms with Gasteiger partial charge in [-0.2, -0.15) is 0 Å². The molecule has 2 heterocycles. The molecule has 1 aliphatic heterocycles. The van der Waals surface area contributed by atoms with Gasteiger partial charge in [0, 0.05) is 37.4 Å². The Morgan fingerprint density at radius 3 is 2.72 bits per heavy atom. The Kier molecular flexibility index (Phi) is 3.35. The van der Waals surface area contributed by atoms with E-state index in [0.29, 0.717) is 0 Å². The number of aryl methyl sites for hydroxylation is 1. The number of aromatic nitrogens is 1. The minimum atomic E-state index is 0.867. The molecule has 0 N–H and O–H groups in total. The van der Waals surface area contributed by atoms with Crippen molar-refractivity contribution in [3.63, 3.8) is 0 Å². The van der Waals surface area contributed by atoms with Crippen LogP contribution in [0.25, 0.3) is 10.9 Å². The summed E-state index contributed by atoms with van der Waals surface area (Å²) in [5, 5.41) is 1.35. The highest BCUT2D eigenvalue weighted by molar-refractivity contribution is 5.81. The van der Waals surface area contributed by atoms with E-state index in [1.54, 1.807) is 0 Å². The molecule has 0 atom stereocenters. The highest BCUT2D eigenvalue weighted by Gasteiger charge is 2.14. The molecule has 3 rings (SSSR count). The van der Waals surface area contributed by atoms with Crippen molar-refractivity contribution in [1.29, 1.82) is 0 Å². The first-order chi connectivity index (χ1) is 8.88. The van der Waals surface area contributed by atoms with Crippen molar-refractivity contribution in [3.05, 3.63) is 36.0 Å². The van der Waals surface area contributed by atoms with Gasteiger partial charge in [0.1, 0.15) is 0 Å². The fraction of sp³-hybridized carbons (Fsp3) is 0.467. The molecular weight excluding hydrogens is 224 g/mol. The molecule has 0 radical (unpaired) electrons. The predicted molar refractivity (Wildman–Crippen MR) is 73.7 cm³/mol. The average Bonchev–Trinajstić information content (AvgIpc) is 2.77. The van der Waals surface area contributed by atoms with Gasteiger partial charge in [-0.3, -0.25) is 4.90 Å². The summed E-state index contributed by atoms with van der Waals surface area (Å²) in [6.45, 7) is 8.11. The van der Waals surface area contributed by atoms with Crippen molar-refractivity contribution in [2.24, 2.45) is 0 Å². The minimum absolute atomic E-state index is 0.867. The molecular formula is C15H20N2O. The number of hydrogen-bond acceptors (Lipinski definition) is 2. The second kappa shape index (κ2) is 5.12. The number of para-hydroxylation sites is 1. The van der Waals surface area contributed by atoms with E-state index in [9.17, 15) is 0 Å². The van der Waals surface area contributed by atoms with E-state index in [2.05, 4.69) is 46.7 Å². The van der Waals surface area contributed by atoms with Crippen LogP contribution in [0, 0.1) is 0 Å². The van der Waals surface area contributed by atoms with Gasteiger partial charge in [0.15, 0.2) is 0 Å². The summed E-state index contributed by atoms with van der Waals surface area (Å²) in [6, 6.07) is 11.0. The van der Waals surface area contributed by atoms with E-state index >= 15 is 0 Å². The predicted octanol–water partition coefficient (Wildman–Crippen LogP) is 2.49. The number of ether oxygens (including phenoxy) is 1. The maximum Gasteiger partial charge on any atom is 0.0594 e. The highest BCUT2D eigenvalue weighted by Crippen LogP contribution is 2.21. The third-order valence-electron chi connectivity index (χ3n) is 3.70. The van der Waals surface area contributed by atoms with Crippen LogP contribution in [0.15, 0.2) is 30.3 Å². The Hall–Kier alpha value is -1.32. The molecule has 2 aromatic rings. The van der Waals surface area contributed by atoms with Crippen LogP contribution in [-0.2, 0) is 17.8 Å². The van der Waals surface area contributed by atoms with Crippen LogP contribution in [0.3, 0.4) is 0 Å². The number of morpholine rings is 1. The number of nitrogens with zero attached hydrogens (tertiary/aromatic N) is 2. The van der Waals surface area contributed by atoms with Gasteiger partial charge in [-0.25, -0.2) is 0 Å². The molecule has 3 nitrogen and oxygen atoms in total. The molecule has 0 aliphatic carbocycles. The smallest absolute Gasteiger partial charge is 0.0594 e. The normalized spacial score (nSPS) is 17.4. The molecule has 1 aromatic carbocycles. The maximum atomic E-state index is 5.40. The molecule has 0 unspecified atom stereocenters. The largest absolute Gasteiger partial charge is 0.379 e. The Balaban J connectivity index is 1.90. The zero-order valence-corrected chi connectivity index (χ0v) is 10.9. The lowest BCUT2D eigenvalue weighted by molar-refractivity contribution is 0.0332. The first-order valence-corrected chi connectivity index (χ1v) is 6.75. The van der Waals surface area contributed by atoms with Crippen molar-refractivity contribution >= 4 is 10.9 Å². The molecule has 1 saturated heterocycles. The molecule has 0 spiro atoms. The van der Waals surface area contributed by atoms with Crippen LogP contribution in [-0.4, -0.2) is 35.8 Å². The lowest BCUT2D eigenvalue weighted by Crippen LogP contribution is -2.36. The van der Waals surface area contributed by atoms with Crippen molar-refractivity contribution in [3.8, 4) is 0 Å². The molecule has 1 aromatic heterocycles. The van der Waals surface area contributed by atoms with Crippen LogP contribution in [0.4, 0.5) is 0 Å². The van der Waals surface area contributed by atoms with Gasteiger partial charge < -0.3 is 9.30 Å². The second-order valence-corrected chi connectivity index (χ2v) is 4.83. The van der Waals surface area contributed by atoms with Crippen molar-refractivity contribution in [2.75, 3.05) is 26.3 Å². The summed E-state index contributed by atoms with van der Waals surface area (Å²) in [6.07, 6.45) is 0. The van der Waals surface area contributed by atoms with Gasteiger partial charge in [-0.15, -0.1) is 0 Å². The topological polar surface area (TPSA) is 17.4 Å². The van der Waals surface area contributed by atoms with Crippen LogP contribution in [0.2, 0.25) is 0 Å². The van der Waals surface area contributed by atoms with E-state index < -0.39 is 0 Å². The van der Waals surface area contributed by atoms with Crippen molar-refractivity contribution in [1.82, 2.24) is 9.47 Å². The lowest BCUT2D eigenvalue weighted by Gasteiger charge is -2.26. The van der Waals surface area contributed by atoms with Crippen LogP contribution >= 0.6 is 0 Å². The molecule has 18 heavy (non-hydrogen) atoms. The molecule has 0 bridgehead atoms. The Morgan fingerprint density at radius 1 is 1.17 bits per heavy atom. The molecule has 0 amide bonds. The van der Waals surface area contributed by atoms with Gasteiger partial charge in [-0.1, -0.05) is 18.2 Å². The van der Waals surface area contributed by atoms with Crippen LogP contribution < -0.4 is 0 Å². The molecule has 1 fully saturated rings.